The molecule has 0 saturated carbocycles. The third-order valence-electron chi connectivity index (χ3n) is 9.95. The third-order valence-corrected chi connectivity index (χ3v) is 9.95. The molecule has 0 aliphatic rings. The predicted octanol–water partition coefficient (Wildman–Crippen LogP) is 11.4. The standard InChI is InChI=1S/C19H13F6N2.C19H16F3N2.C9H5F3N3.Ir/c1-12-13(2)27(17-8-4-6-15(10-17)19(23,24)25)11-26(12)16-7-3-5-14(9-16)18(20,21)22;1-13-6-4-8-17(10-13)23-12-24(15(3)14(23)2)18-9-5-7-16(11-18)19(20,21)22;10-9(11,12)8-5-7(14-15-8)6-3-1-2-4-13-6;/h3-7,9-10H,1-2H3;4-7,9-11H,1-3H3;1-5H;/q3*-1;. The van der Waals surface area contributed by atoms with Crippen molar-refractivity contribution in [3.8, 4) is 34.1 Å². The van der Waals surface area contributed by atoms with Gasteiger partial charge in [0.1, 0.15) is 5.69 Å². The van der Waals surface area contributed by atoms with Crippen molar-refractivity contribution in [2.75, 3.05) is 0 Å². The van der Waals surface area contributed by atoms with Crippen LogP contribution in [0.5, 0.6) is 0 Å². The van der Waals surface area contributed by atoms with E-state index in [1.807, 2.05) is 43.5 Å². The quantitative estimate of drug-likeness (QED) is 0.0980. The molecule has 4 aromatic carbocycles. The maximum Gasteiger partial charge on any atom is 0.431 e. The normalized spacial score (nSPS) is 11.8. The van der Waals surface area contributed by atoms with E-state index in [1.54, 1.807) is 42.7 Å². The largest absolute Gasteiger partial charge is 0.573 e. The molecule has 67 heavy (non-hydrogen) atoms. The summed E-state index contributed by atoms with van der Waals surface area (Å²) in [4.78, 5) is 3.87. The molecule has 8 aromatic rings. The summed E-state index contributed by atoms with van der Waals surface area (Å²) in [5.74, 6) is 0. The third kappa shape index (κ3) is 12.3. The number of nitrogens with zero attached hydrogens (tertiary/aromatic N) is 7. The molecule has 0 unspecified atom stereocenters. The van der Waals surface area contributed by atoms with Crippen LogP contribution < -0.4 is 14.2 Å². The first-order valence-corrected chi connectivity index (χ1v) is 19.3. The second kappa shape index (κ2) is 20.1. The average Bonchev–Trinajstić information content (AvgIpc) is 3.97. The van der Waals surface area contributed by atoms with Gasteiger partial charge < -0.3 is 19.3 Å². The van der Waals surface area contributed by atoms with E-state index < -0.39 is 47.1 Å². The van der Waals surface area contributed by atoms with Gasteiger partial charge in [0.15, 0.2) is 0 Å². The van der Waals surface area contributed by atoms with E-state index in [0.717, 1.165) is 71.2 Å². The molecule has 7 nitrogen and oxygen atoms in total. The van der Waals surface area contributed by atoms with Crippen LogP contribution in [0.15, 0.2) is 115 Å². The zero-order valence-corrected chi connectivity index (χ0v) is 37.9. The van der Waals surface area contributed by atoms with Crippen LogP contribution in [-0.2, 0) is 44.8 Å². The van der Waals surface area contributed by atoms with Crippen molar-refractivity contribution in [3.63, 3.8) is 0 Å². The summed E-state index contributed by atoms with van der Waals surface area (Å²) in [6.45, 7) is 9.04. The zero-order chi connectivity index (χ0) is 48.4. The SMILES string of the molecule is Cc1c(C)[n+](-c2cccc(C(F)(F)F)c2)[c-]n1-c1[c-]ccc(C(F)(F)F)c1.Cc1cc[c-]c(-n2[c-][n+](-c3cccc(C(F)(F)F)c3)c(C)c2C)c1.FC(F)(F)c1cc(-c2ccccn2)[n-]n1.[Ir]. The minimum absolute atomic E-state index is 0. The Hall–Kier alpha value is -6.53. The molecule has 8 rings (SSSR count). The first-order chi connectivity index (χ1) is 30.8. The fraction of sp³-hybridized carbons (Fsp3) is 0.191. The zero-order valence-electron chi connectivity index (χ0n) is 35.5. The Morgan fingerprint density at radius 1 is 0.522 bits per heavy atom. The van der Waals surface area contributed by atoms with Crippen molar-refractivity contribution < 1.29 is 81.9 Å². The Balaban J connectivity index is 0.000000194. The molecule has 20 heteroatoms. The van der Waals surface area contributed by atoms with E-state index in [4.69, 9.17) is 0 Å². The number of aryl methyl sites for hydroxylation is 1. The van der Waals surface area contributed by atoms with Gasteiger partial charge in [0.05, 0.1) is 33.9 Å². The molecule has 0 bridgehead atoms. The number of aromatic nitrogens is 7. The second-order valence-corrected chi connectivity index (χ2v) is 14.5. The first kappa shape index (κ1) is 51.5. The van der Waals surface area contributed by atoms with E-state index in [9.17, 15) is 52.7 Å². The van der Waals surface area contributed by atoms with E-state index in [2.05, 4.69) is 40.0 Å². The molecule has 353 valence electrons. The van der Waals surface area contributed by atoms with Crippen molar-refractivity contribution in [1.29, 1.82) is 0 Å². The molecule has 4 aromatic heterocycles. The van der Waals surface area contributed by atoms with Crippen LogP contribution in [0.1, 0.15) is 50.7 Å². The predicted molar refractivity (Wildman–Crippen MR) is 214 cm³/mol. The number of alkyl halides is 12. The fourth-order valence-corrected chi connectivity index (χ4v) is 6.29. The van der Waals surface area contributed by atoms with Crippen LogP contribution >= 0.6 is 0 Å². The van der Waals surface area contributed by atoms with Crippen LogP contribution in [0.25, 0.3) is 34.1 Å². The van der Waals surface area contributed by atoms with Gasteiger partial charge in [0.25, 0.3) is 12.7 Å². The van der Waals surface area contributed by atoms with Gasteiger partial charge in [-0.05, 0) is 81.5 Å². The Morgan fingerprint density at radius 3 is 1.43 bits per heavy atom. The van der Waals surface area contributed by atoms with Gasteiger partial charge in [-0.2, -0.15) is 101 Å². The maximum absolute atomic E-state index is 13.0. The Morgan fingerprint density at radius 2 is 1.00 bits per heavy atom. The molecule has 1 radical (unpaired) electrons. The van der Waals surface area contributed by atoms with Crippen LogP contribution in [-0.4, -0.2) is 19.2 Å². The molecule has 0 fully saturated rings. The van der Waals surface area contributed by atoms with Gasteiger partial charge in [-0.1, -0.05) is 48.5 Å². The molecule has 0 saturated heterocycles. The summed E-state index contributed by atoms with van der Waals surface area (Å²) in [6.07, 6.45) is -10.4. The van der Waals surface area contributed by atoms with Crippen LogP contribution in [0.3, 0.4) is 0 Å². The molecular weight excluding hydrogens is 1080 g/mol. The summed E-state index contributed by atoms with van der Waals surface area (Å²) in [5, 5.41) is 6.47. The average molecular weight is 1120 g/mol. The number of pyridine rings is 1. The van der Waals surface area contributed by atoms with Gasteiger partial charge in [0, 0.05) is 43.4 Å². The molecule has 0 aliphatic carbocycles. The Labute approximate surface area is 389 Å². The Bertz CT molecular complexity index is 2870. The molecule has 4 heterocycles. The fourth-order valence-electron chi connectivity index (χ4n) is 6.29. The molecule has 0 aliphatic heterocycles. The molecular formula is C47H34F12IrN7-3. The number of hydrogen-bond donors (Lipinski definition) is 0. The summed E-state index contributed by atoms with van der Waals surface area (Å²) in [6, 6.07) is 30.2. The van der Waals surface area contributed by atoms with Crippen molar-refractivity contribution in [3.05, 3.63) is 191 Å². The van der Waals surface area contributed by atoms with E-state index in [1.165, 1.54) is 33.5 Å². The van der Waals surface area contributed by atoms with Crippen molar-refractivity contribution in [1.82, 2.24) is 24.3 Å². The van der Waals surface area contributed by atoms with Gasteiger partial charge in [0.2, 0.25) is 0 Å². The summed E-state index contributed by atoms with van der Waals surface area (Å²) < 4.78 is 159. The second-order valence-electron chi connectivity index (χ2n) is 14.5. The topological polar surface area (TPSA) is 57.5 Å². The minimum atomic E-state index is -4.52. The number of hydrogen-bond acceptors (Lipinski definition) is 2. The monoisotopic (exact) mass is 1120 g/mol. The first-order valence-electron chi connectivity index (χ1n) is 19.3. The van der Waals surface area contributed by atoms with Gasteiger partial charge >= 0.3 is 24.7 Å². The molecule has 0 spiro atoms. The Kier molecular flexibility index (Phi) is 15.5. The summed E-state index contributed by atoms with van der Waals surface area (Å²) in [7, 11) is 0. The summed E-state index contributed by atoms with van der Waals surface area (Å²) >= 11 is 0. The van der Waals surface area contributed by atoms with E-state index in [0.29, 0.717) is 22.8 Å². The van der Waals surface area contributed by atoms with E-state index >= 15 is 0 Å². The summed E-state index contributed by atoms with van der Waals surface area (Å²) in [5.41, 5.74) is 2.57. The minimum Gasteiger partial charge on any atom is -0.573 e. The van der Waals surface area contributed by atoms with Crippen LogP contribution in [0, 0.1) is 59.4 Å². The van der Waals surface area contributed by atoms with E-state index in [-0.39, 0.29) is 37.2 Å². The van der Waals surface area contributed by atoms with Gasteiger partial charge in [-0.15, -0.1) is 6.07 Å². The number of imidazole rings is 2. The van der Waals surface area contributed by atoms with Crippen molar-refractivity contribution >= 4 is 0 Å². The number of halogens is 12. The van der Waals surface area contributed by atoms with Crippen molar-refractivity contribution in [2.24, 2.45) is 0 Å². The molecule has 0 N–H and O–H groups in total. The number of rotatable bonds is 5. The van der Waals surface area contributed by atoms with Gasteiger partial charge in [-0.3, -0.25) is 14.1 Å². The van der Waals surface area contributed by atoms with Crippen LogP contribution in [0.4, 0.5) is 52.7 Å². The van der Waals surface area contributed by atoms with Crippen LogP contribution in [0.2, 0.25) is 0 Å². The van der Waals surface area contributed by atoms with Gasteiger partial charge in [-0.25, -0.2) is 0 Å². The maximum atomic E-state index is 13.0. The number of benzene rings is 4. The molecule has 0 atom stereocenters. The van der Waals surface area contributed by atoms with Crippen molar-refractivity contribution in [2.45, 2.75) is 59.3 Å². The smallest absolute Gasteiger partial charge is 0.431 e. The molecule has 0 amide bonds.